The van der Waals surface area contributed by atoms with Crippen molar-refractivity contribution in [3.63, 3.8) is 0 Å². The highest BCUT2D eigenvalue weighted by atomic mass is 16.5. The summed E-state index contributed by atoms with van der Waals surface area (Å²) in [5.74, 6) is 1.23. The van der Waals surface area contributed by atoms with E-state index in [1.165, 1.54) is 6.26 Å². The summed E-state index contributed by atoms with van der Waals surface area (Å²) in [5.41, 5.74) is 0.567. The van der Waals surface area contributed by atoms with Crippen LogP contribution in [0.2, 0.25) is 0 Å². The smallest absolute Gasteiger partial charge is 0.269 e. The molecular weight excluding hydrogens is 258 g/mol. The minimum absolute atomic E-state index is 0.200. The Morgan fingerprint density at radius 1 is 1.40 bits per heavy atom. The van der Waals surface area contributed by atoms with Crippen molar-refractivity contribution in [2.24, 2.45) is 0 Å². The number of benzene rings is 1. The molecule has 0 fully saturated rings. The second kappa shape index (κ2) is 4.59. The first-order chi connectivity index (χ1) is 9.69. The zero-order chi connectivity index (χ0) is 14.2. The van der Waals surface area contributed by atoms with Crippen LogP contribution in [0.1, 0.15) is 11.1 Å². The Bertz CT molecular complexity index is 635. The topological polar surface area (TPSA) is 60.7 Å². The van der Waals surface area contributed by atoms with Crippen LogP contribution in [0.3, 0.4) is 0 Å². The molecule has 1 atom stereocenters. The monoisotopic (exact) mass is 273 g/mol. The average Bonchev–Trinajstić information content (AvgIpc) is 3.12. The Balaban J connectivity index is 2.06. The molecule has 1 aliphatic heterocycles. The van der Waals surface area contributed by atoms with E-state index in [9.17, 15) is 4.79 Å². The third-order valence-corrected chi connectivity index (χ3v) is 3.57. The van der Waals surface area contributed by atoms with Gasteiger partial charge in [0.15, 0.2) is 0 Å². The standard InChI is InChI=1S/C15H15NO4/c1-16-14(17)15(11-5-6-19-9-11)8-10-7-12(18-2)3-4-13(10)20-15/h3-7,9H,8H2,1-2H3,(H,16,17). The third-order valence-electron chi connectivity index (χ3n) is 3.57. The average molecular weight is 273 g/mol. The number of nitrogens with one attached hydrogen (secondary N) is 1. The molecule has 1 aromatic carbocycles. The van der Waals surface area contributed by atoms with E-state index in [0.29, 0.717) is 17.7 Å². The normalized spacial score (nSPS) is 20.1. The fraction of sp³-hybridized carbons (Fsp3) is 0.267. The van der Waals surface area contributed by atoms with E-state index in [1.807, 2.05) is 18.2 Å². The van der Waals surface area contributed by atoms with Crippen LogP contribution >= 0.6 is 0 Å². The Labute approximate surface area is 116 Å². The van der Waals surface area contributed by atoms with Gasteiger partial charge in [-0.1, -0.05) is 0 Å². The first-order valence-corrected chi connectivity index (χ1v) is 6.30. The maximum absolute atomic E-state index is 12.3. The maximum atomic E-state index is 12.3. The zero-order valence-corrected chi connectivity index (χ0v) is 11.3. The molecule has 5 heteroatoms. The van der Waals surface area contributed by atoms with Gasteiger partial charge in [-0.2, -0.15) is 0 Å². The van der Waals surface area contributed by atoms with Crippen LogP contribution in [0.15, 0.2) is 41.2 Å². The van der Waals surface area contributed by atoms with Crippen LogP contribution in [-0.2, 0) is 16.8 Å². The molecule has 0 saturated carbocycles. The number of furan rings is 1. The molecule has 20 heavy (non-hydrogen) atoms. The lowest BCUT2D eigenvalue weighted by atomic mass is 9.90. The molecule has 0 saturated heterocycles. The highest BCUT2D eigenvalue weighted by Gasteiger charge is 2.48. The number of fused-ring (bicyclic) bond motifs is 1. The van der Waals surface area contributed by atoms with Crippen molar-refractivity contribution in [1.29, 1.82) is 0 Å². The molecule has 3 rings (SSSR count). The molecule has 2 aromatic rings. The van der Waals surface area contributed by atoms with Crippen molar-refractivity contribution >= 4 is 5.91 Å². The number of hydrogen-bond donors (Lipinski definition) is 1. The summed E-state index contributed by atoms with van der Waals surface area (Å²) in [6.07, 6.45) is 3.52. The van der Waals surface area contributed by atoms with E-state index in [1.54, 1.807) is 26.5 Å². The fourth-order valence-corrected chi connectivity index (χ4v) is 2.53. The van der Waals surface area contributed by atoms with Crippen LogP contribution in [0, 0.1) is 0 Å². The molecule has 0 spiro atoms. The van der Waals surface area contributed by atoms with Gasteiger partial charge >= 0.3 is 0 Å². The van der Waals surface area contributed by atoms with Gasteiger partial charge in [0, 0.05) is 24.6 Å². The van der Waals surface area contributed by atoms with Gasteiger partial charge in [-0.3, -0.25) is 4.79 Å². The van der Waals surface area contributed by atoms with Gasteiger partial charge in [-0.25, -0.2) is 0 Å². The fourth-order valence-electron chi connectivity index (χ4n) is 2.53. The lowest BCUT2D eigenvalue weighted by molar-refractivity contribution is -0.135. The van der Waals surface area contributed by atoms with Crippen LogP contribution in [0.25, 0.3) is 0 Å². The van der Waals surface area contributed by atoms with Gasteiger partial charge in [-0.15, -0.1) is 0 Å². The van der Waals surface area contributed by atoms with Gasteiger partial charge in [0.25, 0.3) is 5.91 Å². The summed E-state index contributed by atoms with van der Waals surface area (Å²) >= 11 is 0. The first kappa shape index (κ1) is 12.6. The molecular formula is C15H15NO4. The lowest BCUT2D eigenvalue weighted by Gasteiger charge is -2.25. The van der Waals surface area contributed by atoms with E-state index in [4.69, 9.17) is 13.9 Å². The Kier molecular flexibility index (Phi) is 2.89. The number of rotatable bonds is 3. The van der Waals surface area contributed by atoms with Crippen molar-refractivity contribution in [3.8, 4) is 11.5 Å². The predicted octanol–water partition coefficient (Wildman–Crippen LogP) is 1.86. The maximum Gasteiger partial charge on any atom is 0.269 e. The number of methoxy groups -OCH3 is 1. The van der Waals surface area contributed by atoms with Crippen LogP contribution in [-0.4, -0.2) is 20.1 Å². The van der Waals surface area contributed by atoms with Gasteiger partial charge in [0.1, 0.15) is 11.5 Å². The summed E-state index contributed by atoms with van der Waals surface area (Å²) < 4.78 is 16.3. The molecule has 1 amide bonds. The molecule has 0 aliphatic carbocycles. The van der Waals surface area contributed by atoms with Gasteiger partial charge in [-0.05, 0) is 24.3 Å². The number of hydrogen-bond acceptors (Lipinski definition) is 4. The molecule has 0 radical (unpaired) electrons. The van der Waals surface area contributed by atoms with E-state index in [-0.39, 0.29) is 5.91 Å². The summed E-state index contributed by atoms with van der Waals surface area (Å²) in [4.78, 5) is 12.3. The van der Waals surface area contributed by atoms with Gasteiger partial charge in [0.2, 0.25) is 5.60 Å². The largest absolute Gasteiger partial charge is 0.497 e. The van der Waals surface area contributed by atoms with Crippen molar-refractivity contribution in [3.05, 3.63) is 47.9 Å². The van der Waals surface area contributed by atoms with E-state index < -0.39 is 5.60 Å². The quantitative estimate of drug-likeness (QED) is 0.927. The molecule has 1 unspecified atom stereocenters. The highest BCUT2D eigenvalue weighted by Crippen LogP contribution is 2.43. The van der Waals surface area contributed by atoms with Crippen molar-refractivity contribution < 1.29 is 18.7 Å². The molecule has 5 nitrogen and oxygen atoms in total. The summed E-state index contributed by atoms with van der Waals surface area (Å²) in [6, 6.07) is 7.27. The van der Waals surface area contributed by atoms with Crippen molar-refractivity contribution in [2.45, 2.75) is 12.0 Å². The minimum atomic E-state index is -1.07. The van der Waals surface area contributed by atoms with Crippen molar-refractivity contribution in [2.75, 3.05) is 14.2 Å². The Morgan fingerprint density at radius 2 is 2.25 bits per heavy atom. The summed E-state index contributed by atoms with van der Waals surface area (Å²) in [5, 5.41) is 2.66. The molecule has 1 N–H and O–H groups in total. The number of likely N-dealkylation sites (N-methyl/N-ethyl adjacent to an activating group) is 1. The van der Waals surface area contributed by atoms with Crippen LogP contribution in [0.4, 0.5) is 0 Å². The van der Waals surface area contributed by atoms with E-state index in [2.05, 4.69) is 5.32 Å². The number of carbonyl (C=O) groups excluding carboxylic acids is 1. The number of carbonyl (C=O) groups is 1. The number of ether oxygens (including phenoxy) is 2. The highest BCUT2D eigenvalue weighted by molar-refractivity contribution is 5.88. The summed E-state index contributed by atoms with van der Waals surface area (Å²) in [7, 11) is 3.21. The third kappa shape index (κ3) is 1.74. The van der Waals surface area contributed by atoms with Crippen LogP contribution in [0.5, 0.6) is 11.5 Å². The van der Waals surface area contributed by atoms with Crippen molar-refractivity contribution in [1.82, 2.24) is 5.32 Å². The lowest BCUT2D eigenvalue weighted by Crippen LogP contribution is -2.46. The second-order valence-corrected chi connectivity index (χ2v) is 4.67. The number of amides is 1. The molecule has 2 heterocycles. The predicted molar refractivity (Wildman–Crippen MR) is 71.8 cm³/mol. The van der Waals surface area contributed by atoms with Crippen LogP contribution < -0.4 is 14.8 Å². The van der Waals surface area contributed by atoms with Gasteiger partial charge in [0.05, 0.1) is 19.6 Å². The minimum Gasteiger partial charge on any atom is -0.497 e. The second-order valence-electron chi connectivity index (χ2n) is 4.67. The van der Waals surface area contributed by atoms with E-state index in [0.717, 1.165) is 11.3 Å². The molecule has 1 aromatic heterocycles. The Morgan fingerprint density at radius 3 is 2.90 bits per heavy atom. The van der Waals surface area contributed by atoms with Gasteiger partial charge < -0.3 is 19.2 Å². The first-order valence-electron chi connectivity index (χ1n) is 6.30. The molecule has 1 aliphatic rings. The zero-order valence-electron chi connectivity index (χ0n) is 11.3. The molecule has 104 valence electrons. The Hall–Kier alpha value is -2.43. The SMILES string of the molecule is CNC(=O)C1(c2ccoc2)Cc2cc(OC)ccc2O1. The van der Waals surface area contributed by atoms with E-state index >= 15 is 0 Å². The molecule has 0 bridgehead atoms. The summed E-state index contributed by atoms with van der Waals surface area (Å²) in [6.45, 7) is 0.